The lowest BCUT2D eigenvalue weighted by Gasteiger charge is -2.09. The molecule has 0 N–H and O–H groups in total. The van der Waals surface area contributed by atoms with Gasteiger partial charge in [-0.15, -0.1) is 0 Å². The molecule has 160 valence electrons. The molecule has 0 saturated heterocycles. The van der Waals surface area contributed by atoms with Crippen molar-refractivity contribution in [2.75, 3.05) is 27.2 Å². The van der Waals surface area contributed by atoms with Crippen LogP contribution in [0.2, 0.25) is 0 Å². The van der Waals surface area contributed by atoms with E-state index in [-0.39, 0.29) is 29.8 Å². The average Bonchev–Trinajstić information content (AvgIpc) is 3.27. The van der Waals surface area contributed by atoms with Gasteiger partial charge in [0, 0.05) is 18.7 Å². The minimum absolute atomic E-state index is 0.0251. The molecule has 0 spiro atoms. The summed E-state index contributed by atoms with van der Waals surface area (Å²) in [5.41, 5.74) is 0.705. The third-order valence-electron chi connectivity index (χ3n) is 5.35. The Morgan fingerprint density at radius 1 is 1.10 bits per heavy atom. The second-order valence-electron chi connectivity index (χ2n) is 8.39. The van der Waals surface area contributed by atoms with Crippen LogP contribution in [0.15, 0.2) is 59.8 Å². The van der Waals surface area contributed by atoms with Gasteiger partial charge in [-0.3, -0.25) is 4.79 Å². The monoisotopic (exact) mass is 410 g/mol. The van der Waals surface area contributed by atoms with Crippen molar-refractivity contribution in [1.29, 1.82) is 0 Å². The highest BCUT2D eigenvalue weighted by Gasteiger charge is 2.62. The van der Waals surface area contributed by atoms with Crippen LogP contribution in [0.1, 0.15) is 19.4 Å². The van der Waals surface area contributed by atoms with Crippen LogP contribution in [0.4, 0.5) is 0 Å². The van der Waals surface area contributed by atoms with Crippen molar-refractivity contribution in [1.82, 2.24) is 4.90 Å². The zero-order chi connectivity index (χ0) is 21.6. The van der Waals surface area contributed by atoms with Gasteiger partial charge in [0.15, 0.2) is 0 Å². The lowest BCUT2D eigenvalue weighted by molar-refractivity contribution is -0.147. The Morgan fingerprint density at radius 3 is 2.57 bits per heavy atom. The highest BCUT2D eigenvalue weighted by molar-refractivity contribution is 5.85. The number of hydrogen-bond acceptors (Lipinski definition) is 6. The zero-order valence-corrected chi connectivity index (χ0v) is 18.1. The molecule has 2 unspecified atom stereocenters. The third-order valence-corrected chi connectivity index (χ3v) is 5.35. The van der Waals surface area contributed by atoms with Gasteiger partial charge in [-0.2, -0.15) is 0 Å². The Morgan fingerprint density at radius 2 is 1.83 bits per heavy atom. The van der Waals surface area contributed by atoms with Crippen LogP contribution in [0, 0.1) is 17.3 Å². The van der Waals surface area contributed by atoms with Crippen molar-refractivity contribution in [2.24, 2.45) is 22.4 Å². The molecule has 2 aromatic rings. The molecule has 0 radical (unpaired) electrons. The summed E-state index contributed by atoms with van der Waals surface area (Å²) >= 11 is 0. The van der Waals surface area contributed by atoms with Crippen molar-refractivity contribution < 1.29 is 19.1 Å². The van der Waals surface area contributed by atoms with E-state index in [4.69, 9.17) is 14.3 Å². The number of para-hydroxylation sites is 1. The number of benzene rings is 2. The Hall–Kier alpha value is -2.86. The van der Waals surface area contributed by atoms with Gasteiger partial charge in [0.2, 0.25) is 0 Å². The van der Waals surface area contributed by atoms with Gasteiger partial charge in [0.25, 0.3) is 0 Å². The summed E-state index contributed by atoms with van der Waals surface area (Å²) in [6.07, 6.45) is 1.73. The summed E-state index contributed by atoms with van der Waals surface area (Å²) in [5.74, 6) is 1.08. The second-order valence-corrected chi connectivity index (χ2v) is 8.39. The average molecular weight is 411 g/mol. The number of carbonyl (C=O) groups is 1. The predicted octanol–water partition coefficient (Wildman–Crippen LogP) is 4.36. The predicted molar refractivity (Wildman–Crippen MR) is 117 cm³/mol. The largest absolute Gasteiger partial charge is 0.461 e. The number of carbonyl (C=O) groups excluding carboxylic acids is 1. The summed E-state index contributed by atoms with van der Waals surface area (Å²) < 4.78 is 11.4. The van der Waals surface area contributed by atoms with Crippen LogP contribution in [-0.4, -0.2) is 44.3 Å². The molecule has 0 amide bonds. The van der Waals surface area contributed by atoms with Gasteiger partial charge in [-0.25, -0.2) is 0 Å². The maximum atomic E-state index is 12.6. The van der Waals surface area contributed by atoms with Gasteiger partial charge in [0.1, 0.15) is 24.7 Å². The molecule has 3 rings (SSSR count). The fourth-order valence-corrected chi connectivity index (χ4v) is 3.36. The van der Waals surface area contributed by atoms with E-state index in [0.717, 1.165) is 17.9 Å². The van der Waals surface area contributed by atoms with E-state index in [9.17, 15) is 4.79 Å². The number of hydrogen-bond donors (Lipinski definition) is 0. The lowest BCUT2D eigenvalue weighted by Crippen LogP contribution is -2.16. The zero-order valence-electron chi connectivity index (χ0n) is 18.1. The van der Waals surface area contributed by atoms with Gasteiger partial charge < -0.3 is 19.2 Å². The van der Waals surface area contributed by atoms with E-state index in [1.54, 1.807) is 6.21 Å². The fraction of sp³-hybridized carbons (Fsp3) is 0.417. The van der Waals surface area contributed by atoms with E-state index < -0.39 is 0 Å². The molecular weight excluding hydrogens is 380 g/mol. The second kappa shape index (κ2) is 9.76. The molecule has 1 saturated carbocycles. The van der Waals surface area contributed by atoms with Crippen molar-refractivity contribution in [3.8, 4) is 11.5 Å². The first-order valence-electron chi connectivity index (χ1n) is 10.2. The number of esters is 1. The Balaban J connectivity index is 1.49. The molecular formula is C24H30N2O4. The number of ether oxygens (including phenoxy) is 2. The molecule has 1 aliphatic carbocycles. The van der Waals surface area contributed by atoms with E-state index in [1.165, 1.54) is 0 Å². The summed E-state index contributed by atoms with van der Waals surface area (Å²) in [4.78, 5) is 19.9. The molecule has 0 heterocycles. The normalized spacial score (nSPS) is 19.6. The highest BCUT2D eigenvalue weighted by Crippen LogP contribution is 2.57. The summed E-state index contributed by atoms with van der Waals surface area (Å²) in [6, 6.07) is 17.2. The quantitative estimate of drug-likeness (QED) is 0.252. The van der Waals surface area contributed by atoms with E-state index in [2.05, 4.69) is 5.16 Å². The number of oxime groups is 1. The van der Waals surface area contributed by atoms with Gasteiger partial charge in [0.05, 0.1) is 5.92 Å². The van der Waals surface area contributed by atoms with Crippen molar-refractivity contribution in [3.63, 3.8) is 0 Å². The molecule has 6 nitrogen and oxygen atoms in total. The standard InChI is InChI=1S/C24H30N2O4/c1-24(2)21(16-25-29-14-13-26(3)4)22(24)23(27)28-17-18-9-8-12-20(15-18)30-19-10-6-5-7-11-19/h5-12,15-16,21-22H,13-14,17H2,1-4H3/b25-16+. The Labute approximate surface area is 178 Å². The van der Waals surface area contributed by atoms with E-state index in [1.807, 2.05) is 87.4 Å². The summed E-state index contributed by atoms with van der Waals surface area (Å²) in [5, 5.41) is 4.03. The highest BCUT2D eigenvalue weighted by atomic mass is 16.6. The summed E-state index contributed by atoms with van der Waals surface area (Å²) in [6.45, 7) is 5.62. The molecule has 2 atom stereocenters. The lowest BCUT2D eigenvalue weighted by atomic mass is 10.1. The SMILES string of the molecule is CN(C)CCO/N=C/C1C(C(=O)OCc2cccc(Oc3ccccc3)c2)C1(C)C. The first kappa shape index (κ1) is 21.8. The van der Waals surface area contributed by atoms with E-state index in [0.29, 0.717) is 12.4 Å². The smallest absolute Gasteiger partial charge is 0.310 e. The minimum Gasteiger partial charge on any atom is -0.461 e. The molecule has 6 heteroatoms. The molecule has 0 aromatic heterocycles. The van der Waals surface area contributed by atoms with Crippen molar-refractivity contribution >= 4 is 12.2 Å². The maximum Gasteiger partial charge on any atom is 0.310 e. The number of likely N-dealkylation sites (N-methyl/N-ethyl adjacent to an activating group) is 1. The third kappa shape index (κ3) is 5.83. The molecule has 1 aliphatic rings. The van der Waals surface area contributed by atoms with Gasteiger partial charge in [-0.05, 0) is 49.3 Å². The molecule has 30 heavy (non-hydrogen) atoms. The molecule has 2 aromatic carbocycles. The number of nitrogens with zero attached hydrogens (tertiary/aromatic N) is 2. The van der Waals surface area contributed by atoms with Crippen LogP contribution in [0.5, 0.6) is 11.5 Å². The van der Waals surface area contributed by atoms with Gasteiger partial charge in [-0.1, -0.05) is 49.3 Å². The first-order chi connectivity index (χ1) is 14.4. The van der Waals surface area contributed by atoms with Crippen LogP contribution in [-0.2, 0) is 21.0 Å². The van der Waals surface area contributed by atoms with Crippen LogP contribution >= 0.6 is 0 Å². The summed E-state index contributed by atoms with van der Waals surface area (Å²) in [7, 11) is 3.96. The Kier molecular flexibility index (Phi) is 7.11. The first-order valence-corrected chi connectivity index (χ1v) is 10.2. The molecule has 0 aliphatic heterocycles. The van der Waals surface area contributed by atoms with Crippen LogP contribution < -0.4 is 4.74 Å². The van der Waals surface area contributed by atoms with Crippen molar-refractivity contribution in [2.45, 2.75) is 20.5 Å². The maximum absolute atomic E-state index is 12.6. The van der Waals surface area contributed by atoms with Gasteiger partial charge >= 0.3 is 5.97 Å². The Bertz CT molecular complexity index is 865. The van der Waals surface area contributed by atoms with Crippen molar-refractivity contribution in [3.05, 3.63) is 60.2 Å². The topological polar surface area (TPSA) is 60.4 Å². The number of rotatable bonds is 10. The molecule has 1 fully saturated rings. The van der Waals surface area contributed by atoms with Crippen LogP contribution in [0.25, 0.3) is 0 Å². The van der Waals surface area contributed by atoms with Crippen LogP contribution in [0.3, 0.4) is 0 Å². The molecule has 0 bridgehead atoms. The minimum atomic E-state index is -0.209. The van der Waals surface area contributed by atoms with E-state index >= 15 is 0 Å². The fourth-order valence-electron chi connectivity index (χ4n) is 3.36.